The molecule has 0 fully saturated rings. The fraction of sp³-hybridized carbons (Fsp3) is 0.208. The highest BCUT2D eigenvalue weighted by atomic mass is 35.5. The normalized spacial score (nSPS) is 19.6. The average Bonchev–Trinajstić information content (AvgIpc) is 3.24. The Morgan fingerprint density at radius 2 is 1.83 bits per heavy atom. The predicted molar refractivity (Wildman–Crippen MR) is 122 cm³/mol. The average molecular weight is 437 g/mol. The zero-order valence-electron chi connectivity index (χ0n) is 16.7. The van der Waals surface area contributed by atoms with Crippen LogP contribution in [0.25, 0.3) is 0 Å². The Morgan fingerprint density at radius 1 is 1.07 bits per heavy atom. The van der Waals surface area contributed by atoms with E-state index in [1.165, 1.54) is 4.90 Å². The van der Waals surface area contributed by atoms with Gasteiger partial charge in [0.15, 0.2) is 0 Å². The molecule has 6 heteroatoms. The van der Waals surface area contributed by atoms with Crippen molar-refractivity contribution in [2.24, 2.45) is 5.10 Å². The van der Waals surface area contributed by atoms with Crippen molar-refractivity contribution in [3.63, 3.8) is 0 Å². The molecule has 0 aromatic heterocycles. The highest BCUT2D eigenvalue weighted by molar-refractivity contribution is 7.98. The summed E-state index contributed by atoms with van der Waals surface area (Å²) in [5.41, 5.74) is 4.28. The quantitative estimate of drug-likeness (QED) is 0.448. The van der Waals surface area contributed by atoms with Crippen LogP contribution in [0.4, 0.5) is 0 Å². The van der Waals surface area contributed by atoms with Crippen molar-refractivity contribution >= 4 is 29.1 Å². The standard InChI is InChI=1S/C24H21ClN2O2S/c1-28-18-8-3-15(4-9-18)21-14-22-20-13-17(25)7-12-23(20)29-24(27(22)26-21)16-5-10-19(30-2)11-6-16/h3-13,22,24H,14H2,1-2H3/t22-,24-/m0/s1. The minimum atomic E-state index is -0.282. The van der Waals surface area contributed by atoms with Crippen molar-refractivity contribution < 1.29 is 9.47 Å². The second-order valence-electron chi connectivity index (χ2n) is 7.30. The smallest absolute Gasteiger partial charge is 0.213 e. The van der Waals surface area contributed by atoms with Crippen LogP contribution in [0.5, 0.6) is 11.5 Å². The van der Waals surface area contributed by atoms with Crippen molar-refractivity contribution in [3.8, 4) is 11.5 Å². The number of hydrogen-bond donors (Lipinski definition) is 0. The summed E-state index contributed by atoms with van der Waals surface area (Å²) in [5, 5.41) is 7.78. The molecule has 0 bridgehead atoms. The summed E-state index contributed by atoms with van der Waals surface area (Å²) >= 11 is 8.04. The fourth-order valence-corrected chi connectivity index (χ4v) is 4.59. The summed E-state index contributed by atoms with van der Waals surface area (Å²) in [6, 6.07) is 22.4. The topological polar surface area (TPSA) is 34.1 Å². The molecule has 2 aliphatic rings. The molecule has 0 amide bonds. The number of thioether (sulfide) groups is 1. The van der Waals surface area contributed by atoms with Crippen LogP contribution in [0.15, 0.2) is 76.7 Å². The van der Waals surface area contributed by atoms with Crippen LogP contribution < -0.4 is 9.47 Å². The fourth-order valence-electron chi connectivity index (χ4n) is 4.00. The number of rotatable bonds is 4. The van der Waals surface area contributed by atoms with E-state index in [0.29, 0.717) is 5.02 Å². The number of hydrogen-bond acceptors (Lipinski definition) is 5. The minimum Gasteiger partial charge on any atom is -0.497 e. The van der Waals surface area contributed by atoms with Crippen LogP contribution in [0.2, 0.25) is 5.02 Å². The van der Waals surface area contributed by atoms with Crippen LogP contribution in [0, 0.1) is 0 Å². The molecule has 0 spiro atoms. The molecule has 0 unspecified atom stereocenters. The first kappa shape index (κ1) is 19.3. The van der Waals surface area contributed by atoms with E-state index in [2.05, 4.69) is 47.7 Å². The maximum Gasteiger partial charge on any atom is 0.213 e. The highest BCUT2D eigenvalue weighted by Gasteiger charge is 2.41. The summed E-state index contributed by atoms with van der Waals surface area (Å²) in [5.74, 6) is 1.70. The summed E-state index contributed by atoms with van der Waals surface area (Å²) in [6.45, 7) is 0. The number of ether oxygens (including phenoxy) is 2. The maximum atomic E-state index is 6.41. The zero-order valence-corrected chi connectivity index (χ0v) is 18.3. The van der Waals surface area contributed by atoms with Crippen molar-refractivity contribution in [2.45, 2.75) is 23.6 Å². The van der Waals surface area contributed by atoms with Crippen LogP contribution in [0.1, 0.15) is 35.4 Å². The van der Waals surface area contributed by atoms with E-state index >= 15 is 0 Å². The SMILES string of the molecule is COc1ccc(C2=NN3[C@@H](C2)c2cc(Cl)ccc2O[C@H]3c2ccc(SC)cc2)cc1. The number of fused-ring (bicyclic) bond motifs is 3. The van der Waals surface area contributed by atoms with Gasteiger partial charge in [0.05, 0.1) is 18.9 Å². The van der Waals surface area contributed by atoms with E-state index in [0.717, 1.165) is 40.3 Å². The molecule has 0 saturated heterocycles. The molecule has 0 saturated carbocycles. The molecule has 0 radical (unpaired) electrons. The third-order valence-corrected chi connectivity index (χ3v) is 6.55. The summed E-state index contributed by atoms with van der Waals surface area (Å²) < 4.78 is 11.7. The maximum absolute atomic E-state index is 6.41. The molecule has 3 aromatic carbocycles. The first-order chi connectivity index (χ1) is 14.7. The first-order valence-corrected chi connectivity index (χ1v) is 11.4. The zero-order chi connectivity index (χ0) is 20.7. The Kier molecular flexibility index (Phi) is 5.09. The van der Waals surface area contributed by atoms with Gasteiger partial charge in [-0.3, -0.25) is 0 Å². The molecule has 152 valence electrons. The van der Waals surface area contributed by atoms with Crippen LogP contribution in [0.3, 0.4) is 0 Å². The molecule has 4 nitrogen and oxygen atoms in total. The van der Waals surface area contributed by atoms with E-state index in [-0.39, 0.29) is 12.3 Å². The lowest BCUT2D eigenvalue weighted by molar-refractivity contribution is -0.0190. The lowest BCUT2D eigenvalue weighted by atomic mass is 9.96. The van der Waals surface area contributed by atoms with Gasteiger partial charge in [0.1, 0.15) is 11.5 Å². The molecular weight excluding hydrogens is 416 g/mol. The minimum absolute atomic E-state index is 0.0785. The Balaban J connectivity index is 1.56. The Labute approximate surface area is 185 Å². The van der Waals surface area contributed by atoms with E-state index in [9.17, 15) is 0 Å². The second kappa shape index (κ2) is 7.89. The Morgan fingerprint density at radius 3 is 2.53 bits per heavy atom. The van der Waals surface area contributed by atoms with E-state index in [4.69, 9.17) is 26.2 Å². The van der Waals surface area contributed by atoms with Gasteiger partial charge in [-0.05, 0) is 66.4 Å². The van der Waals surface area contributed by atoms with Gasteiger partial charge in [-0.1, -0.05) is 23.7 Å². The van der Waals surface area contributed by atoms with Crippen molar-refractivity contribution in [1.82, 2.24) is 5.01 Å². The van der Waals surface area contributed by atoms with Gasteiger partial charge in [0.2, 0.25) is 6.23 Å². The second-order valence-corrected chi connectivity index (χ2v) is 8.62. The molecule has 2 heterocycles. The van der Waals surface area contributed by atoms with Crippen molar-refractivity contribution in [3.05, 3.63) is 88.4 Å². The molecule has 2 atom stereocenters. The molecule has 0 N–H and O–H groups in total. The highest BCUT2D eigenvalue weighted by Crippen LogP contribution is 2.48. The third-order valence-electron chi connectivity index (χ3n) is 5.58. The largest absolute Gasteiger partial charge is 0.497 e. The molecule has 5 rings (SSSR count). The number of nitrogens with zero attached hydrogens (tertiary/aromatic N) is 2. The van der Waals surface area contributed by atoms with E-state index < -0.39 is 0 Å². The van der Waals surface area contributed by atoms with E-state index in [1.54, 1.807) is 18.9 Å². The number of methoxy groups -OCH3 is 1. The molecular formula is C24H21ClN2O2S. The monoisotopic (exact) mass is 436 g/mol. The number of hydrazone groups is 1. The summed E-state index contributed by atoms with van der Waals surface area (Å²) in [7, 11) is 1.67. The van der Waals surface area contributed by atoms with E-state index in [1.807, 2.05) is 30.3 Å². The number of halogens is 1. The molecule has 2 aliphatic heterocycles. The Hall–Kier alpha value is -2.63. The van der Waals surface area contributed by atoms with Gasteiger partial charge in [-0.2, -0.15) is 5.10 Å². The number of benzene rings is 3. The molecule has 3 aromatic rings. The van der Waals surface area contributed by atoms with Gasteiger partial charge < -0.3 is 9.47 Å². The van der Waals surface area contributed by atoms with Crippen molar-refractivity contribution in [1.29, 1.82) is 0 Å². The lowest BCUT2D eigenvalue weighted by Gasteiger charge is -2.38. The van der Waals surface area contributed by atoms with Crippen LogP contribution in [-0.4, -0.2) is 24.1 Å². The molecule has 0 aliphatic carbocycles. The predicted octanol–water partition coefficient (Wildman–Crippen LogP) is 6.31. The van der Waals surface area contributed by atoms with Crippen LogP contribution in [-0.2, 0) is 0 Å². The third kappa shape index (κ3) is 3.42. The van der Waals surface area contributed by atoms with Crippen LogP contribution >= 0.6 is 23.4 Å². The summed E-state index contributed by atoms with van der Waals surface area (Å²) in [4.78, 5) is 1.22. The van der Waals surface area contributed by atoms with Gasteiger partial charge in [0, 0.05) is 27.5 Å². The van der Waals surface area contributed by atoms with Gasteiger partial charge in [-0.15, -0.1) is 11.8 Å². The summed E-state index contributed by atoms with van der Waals surface area (Å²) in [6.07, 6.45) is 2.59. The first-order valence-electron chi connectivity index (χ1n) is 9.76. The lowest BCUT2D eigenvalue weighted by Crippen LogP contribution is -2.33. The Bertz CT molecular complexity index is 1100. The van der Waals surface area contributed by atoms with Crippen molar-refractivity contribution in [2.75, 3.05) is 13.4 Å². The van der Waals surface area contributed by atoms with Gasteiger partial charge >= 0.3 is 0 Å². The molecule has 30 heavy (non-hydrogen) atoms. The van der Waals surface area contributed by atoms with Gasteiger partial charge in [0.25, 0.3) is 0 Å². The van der Waals surface area contributed by atoms with Gasteiger partial charge in [-0.25, -0.2) is 5.01 Å².